The van der Waals surface area contributed by atoms with E-state index in [1.54, 1.807) is 18.0 Å². The van der Waals surface area contributed by atoms with E-state index < -0.39 is 0 Å². The maximum Gasteiger partial charge on any atom is 0.255 e. The van der Waals surface area contributed by atoms with E-state index in [4.69, 9.17) is 11.6 Å². The first-order valence-electron chi connectivity index (χ1n) is 6.24. The molecule has 2 aromatic carbocycles. The minimum atomic E-state index is -0.0707. The predicted octanol–water partition coefficient (Wildman–Crippen LogP) is 4.68. The molecule has 0 aliphatic rings. The first-order valence-corrected chi connectivity index (χ1v) is 7.41. The molecule has 2 nitrogen and oxygen atoms in total. The second-order valence-electron chi connectivity index (χ2n) is 4.73. The number of carbonyl (C=O) groups excluding carboxylic acids is 1. The zero-order valence-electron chi connectivity index (χ0n) is 11.4. The van der Waals surface area contributed by atoms with Crippen molar-refractivity contribution in [1.82, 2.24) is 4.90 Å². The van der Waals surface area contributed by atoms with Crippen molar-refractivity contribution in [3.8, 4) is 0 Å². The Kier molecular flexibility index (Phi) is 4.84. The Bertz CT molecular complexity index is 642. The van der Waals surface area contributed by atoms with Crippen molar-refractivity contribution in [2.24, 2.45) is 0 Å². The van der Waals surface area contributed by atoms with Crippen LogP contribution in [0.2, 0.25) is 5.02 Å². The van der Waals surface area contributed by atoms with Gasteiger partial charge in [0.15, 0.2) is 0 Å². The molecular weight excluding hydrogens is 338 g/mol. The summed E-state index contributed by atoms with van der Waals surface area (Å²) in [6, 6.07) is 13.4. The van der Waals surface area contributed by atoms with Crippen molar-refractivity contribution in [2.75, 3.05) is 7.05 Å². The molecule has 0 aromatic heterocycles. The second kappa shape index (κ2) is 6.42. The van der Waals surface area contributed by atoms with Crippen LogP contribution in [0.15, 0.2) is 46.9 Å². The van der Waals surface area contributed by atoms with E-state index in [-0.39, 0.29) is 5.91 Å². The number of nitrogens with zero attached hydrogens (tertiary/aromatic N) is 1. The van der Waals surface area contributed by atoms with Gasteiger partial charge in [-0.3, -0.25) is 4.79 Å². The first-order chi connectivity index (χ1) is 9.49. The standard InChI is InChI=1S/C16H15BrClNO/c1-11-5-3-8-14(15(11)18)16(20)19(2)10-12-6-4-7-13(17)9-12/h3-9H,10H2,1-2H3. The van der Waals surface area contributed by atoms with Crippen LogP contribution in [0.3, 0.4) is 0 Å². The van der Waals surface area contributed by atoms with Gasteiger partial charge in [0, 0.05) is 18.1 Å². The summed E-state index contributed by atoms with van der Waals surface area (Å²) in [4.78, 5) is 14.1. The quantitative estimate of drug-likeness (QED) is 0.785. The molecule has 0 unspecified atom stereocenters. The zero-order valence-corrected chi connectivity index (χ0v) is 13.7. The van der Waals surface area contributed by atoms with Crippen molar-refractivity contribution < 1.29 is 4.79 Å². The summed E-state index contributed by atoms with van der Waals surface area (Å²) in [7, 11) is 1.78. The van der Waals surface area contributed by atoms with Crippen molar-refractivity contribution >= 4 is 33.4 Å². The molecule has 0 fully saturated rings. The molecule has 1 amide bonds. The number of carbonyl (C=O) groups is 1. The molecular formula is C16H15BrClNO. The lowest BCUT2D eigenvalue weighted by Crippen LogP contribution is -2.26. The van der Waals surface area contributed by atoms with Gasteiger partial charge in [0.05, 0.1) is 10.6 Å². The molecule has 20 heavy (non-hydrogen) atoms. The molecule has 2 rings (SSSR count). The summed E-state index contributed by atoms with van der Waals surface area (Å²) in [5.74, 6) is -0.0707. The normalized spacial score (nSPS) is 10.4. The summed E-state index contributed by atoms with van der Waals surface area (Å²) in [5.41, 5.74) is 2.52. The third kappa shape index (κ3) is 3.41. The fraction of sp³-hybridized carbons (Fsp3) is 0.188. The highest BCUT2D eigenvalue weighted by Crippen LogP contribution is 2.22. The number of amides is 1. The monoisotopic (exact) mass is 351 g/mol. The summed E-state index contributed by atoms with van der Waals surface area (Å²) in [6.45, 7) is 2.44. The van der Waals surface area contributed by atoms with Gasteiger partial charge in [0.1, 0.15) is 0 Å². The van der Waals surface area contributed by atoms with E-state index in [0.29, 0.717) is 17.1 Å². The van der Waals surface area contributed by atoms with Gasteiger partial charge >= 0.3 is 0 Å². The molecule has 0 spiro atoms. The van der Waals surface area contributed by atoms with Gasteiger partial charge in [0.2, 0.25) is 0 Å². The molecule has 0 N–H and O–H groups in total. The molecule has 0 bridgehead atoms. The van der Waals surface area contributed by atoms with Gasteiger partial charge in [-0.25, -0.2) is 0 Å². The topological polar surface area (TPSA) is 20.3 Å². The Morgan fingerprint density at radius 1 is 1.25 bits per heavy atom. The van der Waals surface area contributed by atoms with Crippen molar-refractivity contribution in [1.29, 1.82) is 0 Å². The van der Waals surface area contributed by atoms with Crippen molar-refractivity contribution in [3.63, 3.8) is 0 Å². The molecule has 0 atom stereocenters. The van der Waals surface area contributed by atoms with Gasteiger partial charge in [-0.1, -0.05) is 51.8 Å². The Balaban J connectivity index is 2.19. The predicted molar refractivity (Wildman–Crippen MR) is 86.1 cm³/mol. The maximum absolute atomic E-state index is 12.4. The highest BCUT2D eigenvalue weighted by Gasteiger charge is 2.16. The van der Waals surface area contributed by atoms with Crippen LogP contribution in [0.4, 0.5) is 0 Å². The zero-order chi connectivity index (χ0) is 14.7. The number of benzene rings is 2. The van der Waals surface area contributed by atoms with Crippen LogP contribution < -0.4 is 0 Å². The highest BCUT2D eigenvalue weighted by atomic mass is 79.9. The molecule has 4 heteroatoms. The number of halogens is 2. The minimum absolute atomic E-state index is 0.0707. The van der Waals surface area contributed by atoms with Gasteiger partial charge in [0.25, 0.3) is 5.91 Å². The molecule has 0 radical (unpaired) electrons. The largest absolute Gasteiger partial charge is 0.337 e. The minimum Gasteiger partial charge on any atom is -0.337 e. The number of hydrogen-bond acceptors (Lipinski definition) is 1. The molecule has 0 heterocycles. The maximum atomic E-state index is 12.4. The van der Waals surface area contributed by atoms with E-state index in [1.165, 1.54) is 0 Å². The van der Waals surface area contributed by atoms with Gasteiger partial charge < -0.3 is 4.90 Å². The number of aryl methyl sites for hydroxylation is 1. The summed E-state index contributed by atoms with van der Waals surface area (Å²) in [5, 5.41) is 0.526. The van der Waals surface area contributed by atoms with Crippen molar-refractivity contribution in [3.05, 3.63) is 68.7 Å². The highest BCUT2D eigenvalue weighted by molar-refractivity contribution is 9.10. The Morgan fingerprint density at radius 2 is 1.95 bits per heavy atom. The second-order valence-corrected chi connectivity index (χ2v) is 6.02. The van der Waals surface area contributed by atoms with E-state index in [0.717, 1.165) is 15.6 Å². The molecule has 0 saturated carbocycles. The van der Waals surface area contributed by atoms with E-state index >= 15 is 0 Å². The van der Waals surface area contributed by atoms with Crippen LogP contribution in [0.25, 0.3) is 0 Å². The lowest BCUT2D eigenvalue weighted by Gasteiger charge is -2.18. The third-order valence-corrected chi connectivity index (χ3v) is 4.07. The van der Waals surface area contributed by atoms with Gasteiger partial charge in [-0.2, -0.15) is 0 Å². The molecule has 104 valence electrons. The average molecular weight is 353 g/mol. The van der Waals surface area contributed by atoms with Crippen LogP contribution in [-0.4, -0.2) is 17.9 Å². The summed E-state index contributed by atoms with van der Waals surface area (Å²) >= 11 is 9.64. The molecule has 0 saturated heterocycles. The van der Waals surface area contributed by atoms with Crippen LogP contribution in [-0.2, 0) is 6.54 Å². The van der Waals surface area contributed by atoms with E-state index in [2.05, 4.69) is 15.9 Å². The Morgan fingerprint density at radius 3 is 2.65 bits per heavy atom. The fourth-order valence-electron chi connectivity index (χ4n) is 2.00. The van der Waals surface area contributed by atoms with Crippen molar-refractivity contribution in [2.45, 2.75) is 13.5 Å². The smallest absolute Gasteiger partial charge is 0.255 e. The SMILES string of the molecule is Cc1cccc(C(=O)N(C)Cc2cccc(Br)c2)c1Cl. The summed E-state index contributed by atoms with van der Waals surface area (Å²) in [6.07, 6.45) is 0. The molecule has 2 aromatic rings. The van der Waals surface area contributed by atoms with Crippen LogP contribution in [0.1, 0.15) is 21.5 Å². The third-order valence-electron chi connectivity index (χ3n) is 3.08. The van der Waals surface area contributed by atoms with Crippen LogP contribution >= 0.6 is 27.5 Å². The Labute approximate surface area is 132 Å². The lowest BCUT2D eigenvalue weighted by molar-refractivity contribution is 0.0785. The van der Waals surface area contributed by atoms with E-state index in [9.17, 15) is 4.79 Å². The lowest BCUT2D eigenvalue weighted by atomic mass is 10.1. The Hall–Kier alpha value is -1.32. The first kappa shape index (κ1) is 15.1. The van der Waals surface area contributed by atoms with Crippen LogP contribution in [0, 0.1) is 6.92 Å². The molecule has 0 aliphatic carbocycles. The van der Waals surface area contributed by atoms with Gasteiger partial charge in [-0.05, 0) is 36.2 Å². The fourth-order valence-corrected chi connectivity index (χ4v) is 2.65. The van der Waals surface area contributed by atoms with E-state index in [1.807, 2.05) is 43.3 Å². The molecule has 0 aliphatic heterocycles. The number of hydrogen-bond donors (Lipinski definition) is 0. The van der Waals surface area contributed by atoms with Gasteiger partial charge in [-0.15, -0.1) is 0 Å². The number of rotatable bonds is 3. The van der Waals surface area contributed by atoms with Crippen LogP contribution in [0.5, 0.6) is 0 Å². The average Bonchev–Trinajstić information content (AvgIpc) is 2.41. The summed E-state index contributed by atoms with van der Waals surface area (Å²) < 4.78 is 1.00.